The van der Waals surface area contributed by atoms with Crippen molar-refractivity contribution in [1.29, 1.82) is 0 Å². The zero-order valence-corrected chi connectivity index (χ0v) is 21.5. The van der Waals surface area contributed by atoms with E-state index in [9.17, 15) is 0 Å². The van der Waals surface area contributed by atoms with E-state index in [0.29, 0.717) is 23.2 Å². The summed E-state index contributed by atoms with van der Waals surface area (Å²) in [5.74, 6) is 9.78. The summed E-state index contributed by atoms with van der Waals surface area (Å²) in [6, 6.07) is 3.73. The second-order valence-electron chi connectivity index (χ2n) is 8.69. The molecule has 0 radical (unpaired) electrons. The van der Waals surface area contributed by atoms with Crippen molar-refractivity contribution in [3.05, 3.63) is 0 Å². The fourth-order valence-corrected chi connectivity index (χ4v) is 12.1. The standard InChI is InChI=1S/C24H43NSi2/c1-11-17-25(18-15-20-26(12-2,13-3)14-4)19-16-21-27(22(5)6,23(7)8)24(9)10/h1,22-24H,12-14,17-19H2,2-10H3. The Morgan fingerprint density at radius 3 is 1.44 bits per heavy atom. The van der Waals surface area contributed by atoms with E-state index in [0.717, 1.165) is 13.1 Å². The van der Waals surface area contributed by atoms with Crippen molar-refractivity contribution in [3.8, 4) is 35.3 Å². The summed E-state index contributed by atoms with van der Waals surface area (Å²) in [6.45, 7) is 23.1. The van der Waals surface area contributed by atoms with Crippen molar-refractivity contribution in [2.45, 2.75) is 97.1 Å². The van der Waals surface area contributed by atoms with E-state index >= 15 is 0 Å². The van der Waals surface area contributed by atoms with Crippen LogP contribution in [0.3, 0.4) is 0 Å². The number of nitrogens with zero attached hydrogens (tertiary/aromatic N) is 1. The van der Waals surface area contributed by atoms with Gasteiger partial charge in [0.1, 0.15) is 16.1 Å². The molecule has 0 aromatic rings. The highest BCUT2D eigenvalue weighted by molar-refractivity contribution is 6.90. The van der Waals surface area contributed by atoms with Gasteiger partial charge in [0.05, 0.1) is 19.6 Å². The lowest BCUT2D eigenvalue weighted by Gasteiger charge is -2.38. The maximum absolute atomic E-state index is 5.60. The Morgan fingerprint density at radius 2 is 1.11 bits per heavy atom. The Kier molecular flexibility index (Phi) is 12.1. The van der Waals surface area contributed by atoms with Crippen LogP contribution in [0.4, 0.5) is 0 Å². The van der Waals surface area contributed by atoms with Crippen LogP contribution in [0.1, 0.15) is 62.3 Å². The predicted octanol–water partition coefficient (Wildman–Crippen LogP) is 6.19. The Balaban J connectivity index is 5.38. The van der Waals surface area contributed by atoms with Gasteiger partial charge < -0.3 is 0 Å². The van der Waals surface area contributed by atoms with Gasteiger partial charge in [0, 0.05) is 0 Å². The zero-order valence-electron chi connectivity index (χ0n) is 19.5. The molecule has 0 atom stereocenters. The summed E-state index contributed by atoms with van der Waals surface area (Å²) in [4.78, 5) is 2.22. The van der Waals surface area contributed by atoms with Gasteiger partial charge in [-0.3, -0.25) is 4.90 Å². The molecule has 0 rings (SSSR count). The third kappa shape index (κ3) is 7.20. The molecular weight excluding hydrogens is 358 g/mol. The van der Waals surface area contributed by atoms with E-state index < -0.39 is 16.1 Å². The molecule has 0 aliphatic heterocycles. The molecular formula is C24H43NSi2. The van der Waals surface area contributed by atoms with Gasteiger partial charge in [-0.1, -0.05) is 80.1 Å². The van der Waals surface area contributed by atoms with Crippen molar-refractivity contribution >= 4 is 16.1 Å². The van der Waals surface area contributed by atoms with Crippen LogP contribution in [-0.4, -0.2) is 40.7 Å². The molecule has 0 spiro atoms. The molecule has 0 heterocycles. The second-order valence-corrected chi connectivity index (χ2v) is 19.2. The van der Waals surface area contributed by atoms with Gasteiger partial charge in [-0.05, 0) is 34.8 Å². The molecule has 0 aliphatic carbocycles. The minimum absolute atomic E-state index is 0.627. The Hall–Kier alpha value is -0.926. The molecule has 0 saturated carbocycles. The van der Waals surface area contributed by atoms with Crippen LogP contribution in [0.25, 0.3) is 0 Å². The average molecular weight is 402 g/mol. The average Bonchev–Trinajstić information content (AvgIpc) is 2.61. The SMILES string of the molecule is C#CCN(CC#C[Si](CC)(CC)CC)CC#C[Si](C(C)C)(C(C)C)C(C)C. The summed E-state index contributed by atoms with van der Waals surface area (Å²) in [6.07, 6.45) is 5.60. The van der Waals surface area contributed by atoms with E-state index in [-0.39, 0.29) is 0 Å². The fraction of sp³-hybridized carbons (Fsp3) is 0.750. The van der Waals surface area contributed by atoms with Crippen LogP contribution in [0, 0.1) is 35.3 Å². The first kappa shape index (κ1) is 26.1. The third-order valence-electron chi connectivity index (χ3n) is 6.48. The summed E-state index contributed by atoms with van der Waals surface area (Å²) < 4.78 is 0. The number of hydrogen-bond donors (Lipinski definition) is 0. The normalized spacial score (nSPS) is 12.0. The van der Waals surface area contributed by atoms with Crippen LogP contribution in [0.2, 0.25) is 34.8 Å². The van der Waals surface area contributed by atoms with Crippen molar-refractivity contribution in [2.24, 2.45) is 0 Å². The van der Waals surface area contributed by atoms with Crippen LogP contribution in [0.5, 0.6) is 0 Å². The summed E-state index contributed by atoms with van der Waals surface area (Å²) >= 11 is 0. The minimum Gasteiger partial charge on any atom is -0.270 e. The summed E-state index contributed by atoms with van der Waals surface area (Å²) in [5.41, 5.74) is 9.46. The molecule has 0 N–H and O–H groups in total. The topological polar surface area (TPSA) is 3.24 Å². The van der Waals surface area contributed by atoms with Gasteiger partial charge >= 0.3 is 0 Å². The zero-order chi connectivity index (χ0) is 21.1. The number of terminal acetylenes is 1. The first-order valence-corrected chi connectivity index (χ1v) is 15.7. The molecule has 0 aromatic carbocycles. The molecule has 0 amide bonds. The molecule has 27 heavy (non-hydrogen) atoms. The lowest BCUT2D eigenvalue weighted by atomic mass is 10.4. The maximum Gasteiger partial charge on any atom is 0.146 e. The molecule has 0 unspecified atom stereocenters. The molecule has 152 valence electrons. The van der Waals surface area contributed by atoms with Crippen LogP contribution in [-0.2, 0) is 0 Å². The second kappa shape index (κ2) is 12.5. The van der Waals surface area contributed by atoms with E-state index in [1.807, 2.05) is 0 Å². The smallest absolute Gasteiger partial charge is 0.146 e. The maximum atomic E-state index is 5.60. The van der Waals surface area contributed by atoms with Gasteiger partial charge in [-0.15, -0.1) is 17.5 Å². The van der Waals surface area contributed by atoms with Crippen LogP contribution >= 0.6 is 0 Å². The Labute approximate surface area is 173 Å². The molecule has 1 nitrogen and oxygen atoms in total. The van der Waals surface area contributed by atoms with Crippen molar-refractivity contribution < 1.29 is 0 Å². The Morgan fingerprint density at radius 1 is 0.704 bits per heavy atom. The summed E-state index contributed by atoms with van der Waals surface area (Å²) in [7, 11) is -3.05. The molecule has 0 saturated heterocycles. The number of hydrogen-bond acceptors (Lipinski definition) is 1. The highest BCUT2D eigenvalue weighted by Crippen LogP contribution is 2.40. The third-order valence-corrected chi connectivity index (χ3v) is 17.6. The molecule has 3 heteroatoms. The Bertz CT molecular complexity index is 556. The predicted molar refractivity (Wildman–Crippen MR) is 129 cm³/mol. The van der Waals surface area contributed by atoms with E-state index in [2.05, 4.69) is 96.1 Å². The van der Waals surface area contributed by atoms with E-state index in [4.69, 9.17) is 6.42 Å². The molecule has 0 aromatic heterocycles. The highest BCUT2D eigenvalue weighted by atomic mass is 28.3. The van der Waals surface area contributed by atoms with Crippen molar-refractivity contribution in [2.75, 3.05) is 19.6 Å². The summed E-state index contributed by atoms with van der Waals surface area (Å²) in [5, 5.41) is 0. The van der Waals surface area contributed by atoms with Gasteiger partial charge in [0.2, 0.25) is 0 Å². The first-order valence-electron chi connectivity index (χ1n) is 10.8. The van der Waals surface area contributed by atoms with Gasteiger partial charge in [0.25, 0.3) is 0 Å². The van der Waals surface area contributed by atoms with Crippen molar-refractivity contribution in [1.82, 2.24) is 4.90 Å². The largest absolute Gasteiger partial charge is 0.270 e. The lowest BCUT2D eigenvalue weighted by Crippen LogP contribution is -2.43. The van der Waals surface area contributed by atoms with Gasteiger partial charge in [-0.2, -0.15) is 0 Å². The van der Waals surface area contributed by atoms with Gasteiger partial charge in [0.15, 0.2) is 0 Å². The number of rotatable bonds is 9. The van der Waals surface area contributed by atoms with Crippen LogP contribution in [0.15, 0.2) is 0 Å². The molecule has 0 bridgehead atoms. The van der Waals surface area contributed by atoms with Crippen molar-refractivity contribution in [3.63, 3.8) is 0 Å². The van der Waals surface area contributed by atoms with E-state index in [1.165, 1.54) is 18.1 Å². The lowest BCUT2D eigenvalue weighted by molar-refractivity contribution is 0.390. The quantitative estimate of drug-likeness (QED) is 0.329. The molecule has 0 aliphatic rings. The van der Waals surface area contributed by atoms with Gasteiger partial charge in [-0.25, -0.2) is 0 Å². The first-order chi connectivity index (χ1) is 12.7. The molecule has 0 fully saturated rings. The van der Waals surface area contributed by atoms with Crippen LogP contribution < -0.4 is 0 Å². The van der Waals surface area contributed by atoms with E-state index in [1.54, 1.807) is 0 Å². The highest BCUT2D eigenvalue weighted by Gasteiger charge is 2.41. The minimum atomic E-state index is -1.66. The monoisotopic (exact) mass is 401 g/mol. The fourth-order valence-electron chi connectivity index (χ4n) is 4.39.